The maximum absolute atomic E-state index is 6.40. The van der Waals surface area contributed by atoms with Gasteiger partial charge in [-0.05, 0) is 40.8 Å². The molecule has 0 aliphatic heterocycles. The first-order valence-corrected chi connectivity index (χ1v) is 8.81. The van der Waals surface area contributed by atoms with Gasteiger partial charge in [-0.25, -0.2) is 4.98 Å². The molecule has 0 fully saturated rings. The maximum atomic E-state index is 6.40. The van der Waals surface area contributed by atoms with Crippen molar-refractivity contribution in [2.45, 2.75) is 0 Å². The Bertz CT molecular complexity index is 1220. The van der Waals surface area contributed by atoms with Crippen molar-refractivity contribution < 1.29 is 4.42 Å². The summed E-state index contributed by atoms with van der Waals surface area (Å²) in [4.78, 5) is 4.72. The van der Waals surface area contributed by atoms with Crippen molar-refractivity contribution in [3.8, 4) is 22.6 Å². The largest absolute Gasteiger partial charge is 0.436 e. The van der Waals surface area contributed by atoms with Gasteiger partial charge >= 0.3 is 0 Å². The second-order valence-electron chi connectivity index (χ2n) is 6.21. The van der Waals surface area contributed by atoms with Crippen LogP contribution in [0.15, 0.2) is 89.3 Å². The van der Waals surface area contributed by atoms with E-state index in [1.807, 2.05) is 60.7 Å². The predicted molar refractivity (Wildman–Crippen MR) is 107 cm³/mol. The molecule has 0 aliphatic carbocycles. The van der Waals surface area contributed by atoms with Gasteiger partial charge in [0, 0.05) is 10.9 Å². The lowest BCUT2D eigenvalue weighted by molar-refractivity contribution is 0.620. The molecule has 0 amide bonds. The van der Waals surface area contributed by atoms with Crippen LogP contribution < -0.4 is 0 Å². The molecule has 26 heavy (non-hydrogen) atoms. The lowest BCUT2D eigenvalue weighted by atomic mass is 10.0. The highest BCUT2D eigenvalue weighted by molar-refractivity contribution is 6.37. The summed E-state index contributed by atoms with van der Waals surface area (Å²) in [5, 5.41) is 2.68. The van der Waals surface area contributed by atoms with E-state index in [1.165, 1.54) is 11.1 Å². The van der Waals surface area contributed by atoms with Crippen LogP contribution in [0.5, 0.6) is 0 Å². The molecule has 0 atom stereocenters. The van der Waals surface area contributed by atoms with Crippen molar-refractivity contribution in [2.24, 2.45) is 0 Å². The highest BCUT2D eigenvalue weighted by atomic mass is 35.5. The number of aromatic nitrogens is 1. The van der Waals surface area contributed by atoms with Crippen LogP contribution in [-0.4, -0.2) is 4.98 Å². The first-order valence-electron chi connectivity index (χ1n) is 8.43. The molecule has 0 saturated heterocycles. The number of fused-ring (bicyclic) bond motifs is 3. The number of hydrogen-bond donors (Lipinski definition) is 0. The standard InChI is InChI=1S/C23H14ClNO/c24-19-8-4-7-17-13-14-20-22(21(17)19)25-23(26-20)18-11-9-16(10-12-18)15-5-2-1-3-6-15/h1-14H. The average molecular weight is 356 g/mol. The lowest BCUT2D eigenvalue weighted by Crippen LogP contribution is -1.80. The van der Waals surface area contributed by atoms with E-state index in [0.29, 0.717) is 10.9 Å². The van der Waals surface area contributed by atoms with Gasteiger partial charge in [0.2, 0.25) is 5.89 Å². The molecule has 0 spiro atoms. The summed E-state index contributed by atoms with van der Waals surface area (Å²) in [6, 6.07) is 28.4. The molecule has 5 aromatic rings. The Labute approximate surface area is 155 Å². The molecule has 4 aromatic carbocycles. The van der Waals surface area contributed by atoms with Crippen molar-refractivity contribution in [3.05, 3.63) is 90.0 Å². The second kappa shape index (κ2) is 6.01. The highest BCUT2D eigenvalue weighted by Gasteiger charge is 2.13. The number of halogens is 1. The van der Waals surface area contributed by atoms with Crippen LogP contribution in [0, 0.1) is 0 Å². The molecule has 1 aromatic heterocycles. The van der Waals surface area contributed by atoms with Gasteiger partial charge in [0.15, 0.2) is 5.58 Å². The summed E-state index contributed by atoms with van der Waals surface area (Å²) < 4.78 is 5.99. The fourth-order valence-electron chi connectivity index (χ4n) is 3.28. The van der Waals surface area contributed by atoms with Crippen molar-refractivity contribution in [1.29, 1.82) is 0 Å². The quantitative estimate of drug-likeness (QED) is 0.342. The number of nitrogens with zero attached hydrogens (tertiary/aromatic N) is 1. The van der Waals surface area contributed by atoms with Gasteiger partial charge in [-0.1, -0.05) is 72.3 Å². The third kappa shape index (κ3) is 2.47. The van der Waals surface area contributed by atoms with Crippen molar-refractivity contribution in [1.82, 2.24) is 4.98 Å². The molecule has 0 aliphatic rings. The van der Waals surface area contributed by atoms with Crippen LogP contribution in [0.25, 0.3) is 44.5 Å². The van der Waals surface area contributed by atoms with Gasteiger partial charge in [-0.2, -0.15) is 0 Å². The monoisotopic (exact) mass is 355 g/mol. The minimum atomic E-state index is 0.604. The summed E-state index contributed by atoms with van der Waals surface area (Å²) in [5.41, 5.74) is 4.84. The second-order valence-corrected chi connectivity index (χ2v) is 6.62. The van der Waals surface area contributed by atoms with Crippen LogP contribution in [0.3, 0.4) is 0 Å². The van der Waals surface area contributed by atoms with Crippen LogP contribution in [0.1, 0.15) is 0 Å². The number of oxazole rings is 1. The molecule has 3 heteroatoms. The van der Waals surface area contributed by atoms with Crippen LogP contribution in [0.4, 0.5) is 0 Å². The Hall–Kier alpha value is -3.10. The highest BCUT2D eigenvalue weighted by Crippen LogP contribution is 2.34. The Morgan fingerprint density at radius 3 is 2.19 bits per heavy atom. The first-order chi connectivity index (χ1) is 12.8. The Kier molecular flexibility index (Phi) is 3.51. The topological polar surface area (TPSA) is 26.0 Å². The molecular weight excluding hydrogens is 342 g/mol. The molecule has 0 saturated carbocycles. The summed E-state index contributed by atoms with van der Waals surface area (Å²) >= 11 is 6.40. The minimum absolute atomic E-state index is 0.604. The summed E-state index contributed by atoms with van der Waals surface area (Å²) in [6.07, 6.45) is 0. The van der Waals surface area contributed by atoms with E-state index < -0.39 is 0 Å². The fraction of sp³-hybridized carbons (Fsp3) is 0. The van der Waals surface area contributed by atoms with E-state index in [1.54, 1.807) is 0 Å². The molecule has 1 heterocycles. The zero-order chi connectivity index (χ0) is 17.5. The van der Waals surface area contributed by atoms with Crippen LogP contribution >= 0.6 is 11.6 Å². The minimum Gasteiger partial charge on any atom is -0.436 e. The summed E-state index contributed by atoms with van der Waals surface area (Å²) in [7, 11) is 0. The lowest BCUT2D eigenvalue weighted by Gasteiger charge is -2.02. The molecule has 0 radical (unpaired) electrons. The van der Waals surface area contributed by atoms with Crippen LogP contribution in [0.2, 0.25) is 5.02 Å². The molecular formula is C23H14ClNO. The van der Waals surface area contributed by atoms with E-state index in [9.17, 15) is 0 Å². The molecule has 0 bridgehead atoms. The van der Waals surface area contributed by atoms with E-state index in [0.717, 1.165) is 27.4 Å². The van der Waals surface area contributed by atoms with Gasteiger partial charge in [-0.3, -0.25) is 0 Å². The van der Waals surface area contributed by atoms with E-state index in [2.05, 4.69) is 24.3 Å². The summed E-state index contributed by atoms with van der Waals surface area (Å²) in [6.45, 7) is 0. The molecule has 0 N–H and O–H groups in total. The number of benzene rings is 4. The third-order valence-corrected chi connectivity index (χ3v) is 4.90. The van der Waals surface area contributed by atoms with Gasteiger partial charge in [-0.15, -0.1) is 0 Å². The Morgan fingerprint density at radius 2 is 1.38 bits per heavy atom. The Balaban J connectivity index is 1.62. The number of hydrogen-bond acceptors (Lipinski definition) is 2. The smallest absolute Gasteiger partial charge is 0.227 e. The van der Waals surface area contributed by atoms with E-state index >= 15 is 0 Å². The normalized spacial score (nSPS) is 11.3. The van der Waals surface area contributed by atoms with Gasteiger partial charge in [0.05, 0.1) is 5.02 Å². The van der Waals surface area contributed by atoms with E-state index in [4.69, 9.17) is 21.0 Å². The number of rotatable bonds is 2. The molecule has 0 unspecified atom stereocenters. The van der Waals surface area contributed by atoms with Crippen molar-refractivity contribution in [2.75, 3.05) is 0 Å². The van der Waals surface area contributed by atoms with E-state index in [-0.39, 0.29) is 0 Å². The SMILES string of the molecule is Clc1cccc2ccc3oc(-c4ccc(-c5ccccc5)cc4)nc3c12. The fourth-order valence-corrected chi connectivity index (χ4v) is 3.55. The van der Waals surface area contributed by atoms with Gasteiger partial charge in [0.1, 0.15) is 5.52 Å². The average Bonchev–Trinajstić information content (AvgIpc) is 3.13. The zero-order valence-electron chi connectivity index (χ0n) is 13.8. The van der Waals surface area contributed by atoms with Crippen molar-refractivity contribution in [3.63, 3.8) is 0 Å². The molecule has 2 nitrogen and oxygen atoms in total. The third-order valence-electron chi connectivity index (χ3n) is 4.59. The van der Waals surface area contributed by atoms with Crippen molar-refractivity contribution >= 4 is 33.5 Å². The first kappa shape index (κ1) is 15.2. The van der Waals surface area contributed by atoms with Gasteiger partial charge in [0.25, 0.3) is 0 Å². The maximum Gasteiger partial charge on any atom is 0.227 e. The van der Waals surface area contributed by atoms with Crippen LogP contribution in [-0.2, 0) is 0 Å². The summed E-state index contributed by atoms with van der Waals surface area (Å²) in [5.74, 6) is 0.604. The van der Waals surface area contributed by atoms with Gasteiger partial charge < -0.3 is 4.42 Å². The molecule has 124 valence electrons. The predicted octanol–water partition coefficient (Wildman–Crippen LogP) is 6.97. The Morgan fingerprint density at radius 1 is 0.654 bits per heavy atom. The molecule has 5 rings (SSSR count). The zero-order valence-corrected chi connectivity index (χ0v) is 14.6.